The molecule has 1 aliphatic heterocycles. The van der Waals surface area contributed by atoms with Gasteiger partial charge < -0.3 is 4.74 Å². The number of amides is 1. The van der Waals surface area contributed by atoms with E-state index in [0.717, 1.165) is 17.0 Å². The highest BCUT2D eigenvalue weighted by molar-refractivity contribution is 7.88. The summed E-state index contributed by atoms with van der Waals surface area (Å²) in [6.45, 7) is 3.05. The fraction of sp³-hybridized carbons (Fsp3) is 0.588. The molecule has 0 unspecified atom stereocenters. The Labute approximate surface area is 178 Å². The predicted molar refractivity (Wildman–Crippen MR) is 112 cm³/mol. The number of hydrogen-bond acceptors (Lipinski definition) is 8. The Morgan fingerprint density at radius 1 is 1.23 bits per heavy atom. The lowest BCUT2D eigenvalue weighted by Crippen LogP contribution is -2.58. The molecule has 2 rings (SSSR count). The highest BCUT2D eigenvalue weighted by atomic mass is 32.2. The number of rotatable bonds is 10. The molecule has 1 fully saturated rings. The molecule has 0 radical (unpaired) electrons. The van der Waals surface area contributed by atoms with E-state index < -0.39 is 32.9 Å². The number of carbonyl (C=O) groups is 1. The maximum atomic E-state index is 12.3. The van der Waals surface area contributed by atoms with Gasteiger partial charge >= 0.3 is 0 Å². The van der Waals surface area contributed by atoms with Crippen LogP contribution in [0.2, 0.25) is 0 Å². The lowest BCUT2D eigenvalue weighted by molar-refractivity contribution is -0.134. The van der Waals surface area contributed by atoms with Crippen molar-refractivity contribution < 1.29 is 31.6 Å². The largest absolute Gasteiger partial charge is 0.494 e. The zero-order chi connectivity index (χ0) is 22.3. The Bertz CT molecular complexity index is 874. The van der Waals surface area contributed by atoms with Crippen LogP contribution in [-0.2, 0) is 25.7 Å². The molecule has 0 aromatic heterocycles. The van der Waals surface area contributed by atoms with E-state index in [-0.39, 0.29) is 32.7 Å². The van der Waals surface area contributed by atoms with E-state index in [2.05, 4.69) is 0 Å². The summed E-state index contributed by atoms with van der Waals surface area (Å²) in [6, 6.07) is 5.43. The second kappa shape index (κ2) is 10.9. The standard InChI is InChI=1S/C17H28N4O7S2/c1-3-12-28-15-6-4-14(5-7-15)21(29(24)25)13-16(17(22)18-23)19-8-10-20(11-9-19)30(2,26)27/h4-7,16,23,29H,3,8-13H2,1-2H3,(H,18,22)/t16-/m0/s1. The molecular formula is C17H28N4O7S2. The second-order valence-corrected chi connectivity index (χ2v) is 9.79. The van der Waals surface area contributed by atoms with Gasteiger partial charge in [-0.25, -0.2) is 22.3 Å². The molecule has 1 aliphatic rings. The zero-order valence-corrected chi connectivity index (χ0v) is 18.6. The number of ether oxygens (including phenoxy) is 1. The molecule has 1 atom stereocenters. The van der Waals surface area contributed by atoms with Gasteiger partial charge in [-0.15, -0.1) is 0 Å². The quantitative estimate of drug-likeness (QED) is 0.234. The fourth-order valence-electron chi connectivity index (χ4n) is 3.15. The van der Waals surface area contributed by atoms with Gasteiger partial charge in [0.25, 0.3) is 5.91 Å². The number of carbonyl (C=O) groups excluding carboxylic acids is 1. The highest BCUT2D eigenvalue weighted by Crippen LogP contribution is 2.21. The van der Waals surface area contributed by atoms with E-state index in [4.69, 9.17) is 9.94 Å². The second-order valence-electron chi connectivity index (χ2n) is 6.85. The molecule has 1 saturated heterocycles. The van der Waals surface area contributed by atoms with Gasteiger partial charge in [0.15, 0.2) is 0 Å². The lowest BCUT2D eigenvalue weighted by atomic mass is 10.2. The third-order valence-corrected chi connectivity index (χ3v) is 6.84. The molecule has 1 heterocycles. The van der Waals surface area contributed by atoms with Crippen LogP contribution in [0.1, 0.15) is 13.3 Å². The van der Waals surface area contributed by atoms with Gasteiger partial charge in [0, 0.05) is 26.2 Å². The van der Waals surface area contributed by atoms with Gasteiger partial charge in [0.1, 0.15) is 11.8 Å². The van der Waals surface area contributed by atoms with Crippen LogP contribution >= 0.6 is 0 Å². The number of thiol groups is 1. The fourth-order valence-corrected chi connectivity index (χ4v) is 4.59. The third kappa shape index (κ3) is 6.54. The number of hydrogen-bond donors (Lipinski definition) is 3. The number of anilines is 1. The van der Waals surface area contributed by atoms with Crippen molar-refractivity contribution >= 4 is 32.5 Å². The number of nitrogens with zero attached hydrogens (tertiary/aromatic N) is 3. The molecule has 13 heteroatoms. The molecule has 2 N–H and O–H groups in total. The Kier molecular flexibility index (Phi) is 8.85. The number of hydroxylamine groups is 1. The molecule has 1 amide bonds. The van der Waals surface area contributed by atoms with Crippen LogP contribution in [-0.4, -0.2) is 88.8 Å². The van der Waals surface area contributed by atoms with Crippen molar-refractivity contribution in [2.45, 2.75) is 19.4 Å². The van der Waals surface area contributed by atoms with Gasteiger partial charge in [0.05, 0.1) is 25.1 Å². The minimum Gasteiger partial charge on any atom is -0.494 e. The van der Waals surface area contributed by atoms with Gasteiger partial charge in [-0.3, -0.25) is 19.2 Å². The summed E-state index contributed by atoms with van der Waals surface area (Å²) in [5.74, 6) is -0.171. The first-order valence-electron chi connectivity index (χ1n) is 9.45. The van der Waals surface area contributed by atoms with E-state index >= 15 is 0 Å². The van der Waals surface area contributed by atoms with Crippen molar-refractivity contribution in [3.05, 3.63) is 24.3 Å². The lowest BCUT2D eigenvalue weighted by Gasteiger charge is -2.38. The van der Waals surface area contributed by atoms with Crippen LogP contribution in [0.4, 0.5) is 5.69 Å². The maximum Gasteiger partial charge on any atom is 0.262 e. The minimum absolute atomic E-state index is 0.168. The van der Waals surface area contributed by atoms with Crippen LogP contribution in [0.25, 0.3) is 0 Å². The molecule has 0 spiro atoms. The summed E-state index contributed by atoms with van der Waals surface area (Å²) in [7, 11) is -6.43. The van der Waals surface area contributed by atoms with Crippen molar-refractivity contribution in [1.29, 1.82) is 0 Å². The first kappa shape index (κ1) is 24.3. The minimum atomic E-state index is -3.35. The molecule has 0 bridgehead atoms. The molecule has 0 aliphatic carbocycles. The van der Waals surface area contributed by atoms with Gasteiger partial charge in [0.2, 0.25) is 20.9 Å². The zero-order valence-electron chi connectivity index (χ0n) is 16.9. The van der Waals surface area contributed by atoms with Crippen LogP contribution in [0, 0.1) is 0 Å². The van der Waals surface area contributed by atoms with Crippen LogP contribution in [0.15, 0.2) is 24.3 Å². The Morgan fingerprint density at radius 3 is 2.30 bits per heavy atom. The summed E-state index contributed by atoms with van der Waals surface area (Å²) in [5.41, 5.74) is 1.92. The first-order chi connectivity index (χ1) is 14.2. The normalized spacial score (nSPS) is 16.9. The number of piperazine rings is 1. The topological polar surface area (TPSA) is 137 Å². The van der Waals surface area contributed by atoms with Crippen LogP contribution in [0.3, 0.4) is 0 Å². The number of benzene rings is 1. The Hall–Kier alpha value is -1.93. The monoisotopic (exact) mass is 464 g/mol. The van der Waals surface area contributed by atoms with E-state index in [1.54, 1.807) is 34.6 Å². The summed E-state index contributed by atoms with van der Waals surface area (Å²) in [6.07, 6.45) is 1.95. The van der Waals surface area contributed by atoms with Crippen molar-refractivity contribution in [2.24, 2.45) is 0 Å². The molecule has 30 heavy (non-hydrogen) atoms. The van der Waals surface area contributed by atoms with E-state index in [1.165, 1.54) is 4.31 Å². The van der Waals surface area contributed by atoms with Crippen molar-refractivity contribution in [1.82, 2.24) is 14.7 Å². The third-order valence-electron chi connectivity index (χ3n) is 4.75. The SMILES string of the molecule is CCCOc1ccc(N(C[C@@H](C(=O)NO)N2CCN(S(C)(=O)=O)CC2)[SH](=O)=O)cc1. The molecule has 1 aromatic rings. The van der Waals surface area contributed by atoms with E-state index in [0.29, 0.717) is 18.0 Å². The number of sulfonamides is 1. The first-order valence-corrected chi connectivity index (χ1v) is 12.4. The summed E-state index contributed by atoms with van der Waals surface area (Å²) in [4.78, 5) is 13.9. The maximum absolute atomic E-state index is 12.3. The Morgan fingerprint density at radius 2 is 1.83 bits per heavy atom. The Balaban J connectivity index is 2.17. The summed E-state index contributed by atoms with van der Waals surface area (Å²) < 4.78 is 55.0. The summed E-state index contributed by atoms with van der Waals surface area (Å²) >= 11 is 0. The smallest absolute Gasteiger partial charge is 0.262 e. The van der Waals surface area contributed by atoms with E-state index in [9.17, 15) is 21.6 Å². The van der Waals surface area contributed by atoms with Gasteiger partial charge in [-0.2, -0.15) is 4.31 Å². The van der Waals surface area contributed by atoms with Crippen LogP contribution < -0.4 is 14.5 Å². The molecule has 1 aromatic carbocycles. The average Bonchev–Trinajstić information content (AvgIpc) is 2.72. The van der Waals surface area contributed by atoms with E-state index in [1.807, 2.05) is 6.92 Å². The van der Waals surface area contributed by atoms with Crippen LogP contribution in [0.5, 0.6) is 5.75 Å². The molecule has 11 nitrogen and oxygen atoms in total. The number of nitrogens with one attached hydrogen (secondary N) is 1. The van der Waals surface area contributed by atoms with Crippen molar-refractivity contribution in [3.63, 3.8) is 0 Å². The molecule has 170 valence electrons. The predicted octanol–water partition coefficient (Wildman–Crippen LogP) is -0.741. The van der Waals surface area contributed by atoms with Gasteiger partial charge in [-0.1, -0.05) is 6.92 Å². The summed E-state index contributed by atoms with van der Waals surface area (Å²) in [5, 5.41) is 9.14. The highest BCUT2D eigenvalue weighted by Gasteiger charge is 2.33. The van der Waals surface area contributed by atoms with Crippen molar-refractivity contribution in [3.8, 4) is 5.75 Å². The average molecular weight is 465 g/mol. The van der Waals surface area contributed by atoms with Crippen molar-refractivity contribution in [2.75, 3.05) is 49.9 Å². The van der Waals surface area contributed by atoms with Gasteiger partial charge in [-0.05, 0) is 30.7 Å². The molecule has 0 saturated carbocycles. The molecular weight excluding hydrogens is 436 g/mol.